The molecule has 0 atom stereocenters. The largest absolute Gasteiger partial charge is 0.321 e. The van der Waals surface area contributed by atoms with Crippen LogP contribution in [0.3, 0.4) is 0 Å². The first kappa shape index (κ1) is 29.9. The van der Waals surface area contributed by atoms with E-state index in [4.69, 9.17) is 0 Å². The summed E-state index contributed by atoms with van der Waals surface area (Å²) < 4.78 is 0. The Balaban J connectivity index is 1.06. The molecule has 0 fully saturated rings. The molecule has 230 valence electrons. The van der Waals surface area contributed by atoms with Gasteiger partial charge in [0.15, 0.2) is 0 Å². The summed E-state index contributed by atoms with van der Waals surface area (Å²) in [6, 6.07) is 48.3. The van der Waals surface area contributed by atoms with Crippen LogP contribution in [0.4, 0.5) is 34.1 Å². The van der Waals surface area contributed by atoms with E-state index >= 15 is 0 Å². The first-order valence-corrected chi connectivity index (χ1v) is 15.3. The van der Waals surface area contributed by atoms with Gasteiger partial charge < -0.3 is 10.6 Å². The molecular weight excluding hydrogens is 596 g/mol. The summed E-state index contributed by atoms with van der Waals surface area (Å²) >= 11 is 0. The molecule has 8 nitrogen and oxygen atoms in total. The van der Waals surface area contributed by atoms with Crippen LogP contribution in [-0.4, -0.2) is 11.8 Å². The maximum absolute atomic E-state index is 13.3. The number of carbonyl (C=O) groups is 2. The van der Waals surface area contributed by atoms with Gasteiger partial charge in [0.1, 0.15) is 0 Å². The molecule has 0 unspecified atom stereocenters. The van der Waals surface area contributed by atoms with Crippen LogP contribution in [0.5, 0.6) is 0 Å². The third-order valence-corrected chi connectivity index (χ3v) is 7.77. The predicted molar refractivity (Wildman–Crippen MR) is 191 cm³/mol. The molecule has 0 saturated heterocycles. The zero-order valence-corrected chi connectivity index (χ0v) is 25.6. The van der Waals surface area contributed by atoms with E-state index < -0.39 is 0 Å². The zero-order valence-electron chi connectivity index (χ0n) is 25.6. The molecule has 8 heteroatoms. The smallest absolute Gasteiger partial charge is 0.255 e. The molecule has 0 radical (unpaired) electrons. The summed E-state index contributed by atoms with van der Waals surface area (Å²) in [6.45, 7) is 0. The summed E-state index contributed by atoms with van der Waals surface area (Å²) in [5, 5.41) is 27.0. The van der Waals surface area contributed by atoms with Crippen molar-refractivity contribution < 1.29 is 9.59 Å². The average Bonchev–Trinajstić information content (AvgIpc) is 3.15. The Morgan fingerprint density at radius 3 is 1.10 bits per heavy atom. The lowest BCUT2D eigenvalue weighted by Gasteiger charge is -2.12. The highest BCUT2D eigenvalue weighted by atomic mass is 16.2. The molecule has 48 heavy (non-hydrogen) atoms. The Hall–Kier alpha value is -6.80. The van der Waals surface area contributed by atoms with Gasteiger partial charge >= 0.3 is 0 Å². The highest BCUT2D eigenvalue weighted by Gasteiger charge is 2.14. The van der Waals surface area contributed by atoms with Gasteiger partial charge in [0.25, 0.3) is 11.8 Å². The van der Waals surface area contributed by atoms with E-state index in [-0.39, 0.29) is 11.8 Å². The predicted octanol–water partition coefficient (Wildman–Crippen LogP) is 11.3. The SMILES string of the molecule is O=C(Nc1ccc(/N=N/c2ccccc2)c2ccccc12)c1ccc(C(=O)Nc2ccc(/N=N/c3ccccc3)c3ccccc23)cc1. The van der Waals surface area contributed by atoms with Gasteiger partial charge in [0.05, 0.1) is 22.7 Å². The number of nitrogens with one attached hydrogen (secondary N) is 2. The van der Waals surface area contributed by atoms with Crippen molar-refractivity contribution in [1.29, 1.82) is 0 Å². The molecule has 0 aromatic heterocycles. The Morgan fingerprint density at radius 1 is 0.354 bits per heavy atom. The standard InChI is InChI=1S/C40H28N6O2/c47-39(41-35-23-25-37(33-17-9-7-15-31(33)35)45-43-29-11-3-1-4-12-29)27-19-21-28(22-20-27)40(48)42-36-24-26-38(34-18-10-8-16-32(34)36)46-44-30-13-5-2-6-14-30/h1-26H,(H,41,47)(H,42,48)/b45-43+,46-44+. The molecule has 0 saturated carbocycles. The fourth-order valence-electron chi connectivity index (χ4n) is 5.33. The Bertz CT molecular complexity index is 2150. The number of nitrogens with zero attached hydrogens (tertiary/aromatic N) is 4. The molecule has 0 aliphatic carbocycles. The first-order valence-electron chi connectivity index (χ1n) is 15.3. The van der Waals surface area contributed by atoms with Gasteiger partial charge in [-0.25, -0.2) is 0 Å². The molecule has 2 N–H and O–H groups in total. The Morgan fingerprint density at radius 2 is 0.708 bits per heavy atom. The molecule has 2 amide bonds. The Kier molecular flexibility index (Phi) is 8.52. The molecule has 0 aliphatic heterocycles. The number of hydrogen-bond donors (Lipinski definition) is 2. The molecule has 0 heterocycles. The topological polar surface area (TPSA) is 108 Å². The van der Waals surface area contributed by atoms with Gasteiger partial charge in [-0.2, -0.15) is 10.2 Å². The molecule has 0 bridgehead atoms. The van der Waals surface area contributed by atoms with Crippen molar-refractivity contribution in [2.75, 3.05) is 10.6 Å². The van der Waals surface area contributed by atoms with E-state index in [2.05, 4.69) is 31.1 Å². The fourth-order valence-corrected chi connectivity index (χ4v) is 5.33. The van der Waals surface area contributed by atoms with Crippen LogP contribution in [0.15, 0.2) is 178 Å². The second kappa shape index (κ2) is 13.7. The number of hydrogen-bond acceptors (Lipinski definition) is 6. The lowest BCUT2D eigenvalue weighted by Crippen LogP contribution is -2.14. The second-order valence-electron chi connectivity index (χ2n) is 10.9. The van der Waals surface area contributed by atoms with Gasteiger partial charge in [-0.05, 0) is 72.8 Å². The van der Waals surface area contributed by atoms with Crippen LogP contribution < -0.4 is 10.6 Å². The number of rotatable bonds is 8. The maximum Gasteiger partial charge on any atom is 0.255 e. The van der Waals surface area contributed by atoms with E-state index in [0.717, 1.165) is 32.9 Å². The minimum atomic E-state index is -0.294. The lowest BCUT2D eigenvalue weighted by molar-refractivity contribution is 0.101. The van der Waals surface area contributed by atoms with E-state index in [0.29, 0.717) is 33.9 Å². The van der Waals surface area contributed by atoms with Gasteiger partial charge in [-0.1, -0.05) is 84.9 Å². The summed E-state index contributed by atoms with van der Waals surface area (Å²) in [5.74, 6) is -0.589. The number of carbonyl (C=O) groups excluding carboxylic acids is 2. The quantitative estimate of drug-likeness (QED) is 0.164. The van der Waals surface area contributed by atoms with Gasteiger partial charge in [0, 0.05) is 44.0 Å². The number of azo groups is 2. The number of benzene rings is 7. The number of anilines is 2. The molecule has 7 aromatic carbocycles. The fraction of sp³-hybridized carbons (Fsp3) is 0. The van der Waals surface area contributed by atoms with Crippen LogP contribution >= 0.6 is 0 Å². The van der Waals surface area contributed by atoms with Crippen molar-refractivity contribution >= 4 is 67.5 Å². The van der Waals surface area contributed by atoms with E-state index in [9.17, 15) is 9.59 Å². The van der Waals surface area contributed by atoms with Crippen LogP contribution in [0.2, 0.25) is 0 Å². The number of fused-ring (bicyclic) bond motifs is 2. The maximum atomic E-state index is 13.3. The van der Waals surface area contributed by atoms with Gasteiger partial charge in [0.2, 0.25) is 0 Å². The molecular formula is C40H28N6O2. The summed E-state index contributed by atoms with van der Waals surface area (Å²) in [7, 11) is 0. The monoisotopic (exact) mass is 624 g/mol. The van der Waals surface area contributed by atoms with Crippen molar-refractivity contribution in [3.63, 3.8) is 0 Å². The Labute approximate surface area is 276 Å². The third kappa shape index (κ3) is 6.59. The zero-order chi connectivity index (χ0) is 32.7. The van der Waals surface area contributed by atoms with Crippen LogP contribution in [-0.2, 0) is 0 Å². The van der Waals surface area contributed by atoms with Gasteiger partial charge in [-0.15, -0.1) is 10.2 Å². The van der Waals surface area contributed by atoms with Crippen molar-refractivity contribution in [2.24, 2.45) is 20.5 Å². The molecule has 7 rings (SSSR count). The second-order valence-corrected chi connectivity index (χ2v) is 10.9. The average molecular weight is 625 g/mol. The van der Waals surface area contributed by atoms with Crippen LogP contribution in [0.1, 0.15) is 20.7 Å². The number of amides is 2. The molecule has 0 spiro atoms. The molecule has 7 aromatic rings. The van der Waals surface area contributed by atoms with Crippen molar-refractivity contribution in [3.8, 4) is 0 Å². The van der Waals surface area contributed by atoms with E-state index in [1.165, 1.54) is 0 Å². The highest BCUT2D eigenvalue weighted by Crippen LogP contribution is 2.34. The lowest BCUT2D eigenvalue weighted by atomic mass is 10.1. The van der Waals surface area contributed by atoms with Gasteiger partial charge in [-0.3, -0.25) is 9.59 Å². The normalized spacial score (nSPS) is 11.3. The minimum absolute atomic E-state index is 0.294. The summed E-state index contributed by atoms with van der Waals surface area (Å²) in [4.78, 5) is 26.6. The van der Waals surface area contributed by atoms with Crippen molar-refractivity contribution in [2.45, 2.75) is 0 Å². The van der Waals surface area contributed by atoms with Crippen molar-refractivity contribution in [1.82, 2.24) is 0 Å². The van der Waals surface area contributed by atoms with Crippen LogP contribution in [0, 0.1) is 0 Å². The van der Waals surface area contributed by atoms with Crippen LogP contribution in [0.25, 0.3) is 21.5 Å². The highest BCUT2D eigenvalue weighted by molar-refractivity contribution is 6.13. The van der Waals surface area contributed by atoms with E-state index in [1.54, 1.807) is 24.3 Å². The third-order valence-electron chi connectivity index (χ3n) is 7.77. The first-order chi connectivity index (χ1) is 23.6. The summed E-state index contributed by atoms with van der Waals surface area (Å²) in [6.07, 6.45) is 0. The molecule has 0 aliphatic rings. The minimum Gasteiger partial charge on any atom is -0.321 e. The summed E-state index contributed by atoms with van der Waals surface area (Å²) in [5.41, 5.74) is 5.03. The van der Waals surface area contributed by atoms with E-state index in [1.807, 2.05) is 133 Å². The van der Waals surface area contributed by atoms with Crippen molar-refractivity contribution in [3.05, 3.63) is 169 Å².